The van der Waals surface area contributed by atoms with Crippen LogP contribution in [-0.2, 0) is 13.0 Å². The van der Waals surface area contributed by atoms with Crippen molar-refractivity contribution in [2.75, 3.05) is 6.54 Å². The molecule has 2 rings (SSSR count). The third-order valence-electron chi connectivity index (χ3n) is 3.16. The molecule has 1 amide bonds. The predicted molar refractivity (Wildman–Crippen MR) is 72.2 cm³/mol. The van der Waals surface area contributed by atoms with Gasteiger partial charge in [0, 0.05) is 24.6 Å². The van der Waals surface area contributed by atoms with E-state index in [2.05, 4.69) is 22.6 Å². The molecule has 0 bridgehead atoms. The van der Waals surface area contributed by atoms with Crippen LogP contribution in [0, 0.1) is 12.3 Å². The maximum absolute atomic E-state index is 12.0. The lowest BCUT2D eigenvalue weighted by Gasteiger charge is -2.18. The molecule has 3 heteroatoms. The summed E-state index contributed by atoms with van der Waals surface area (Å²) in [5.74, 6) is 2.50. The van der Waals surface area contributed by atoms with Crippen LogP contribution in [0.2, 0.25) is 0 Å². The maximum atomic E-state index is 12.0. The molecule has 1 aliphatic heterocycles. The molecule has 1 aromatic rings. The van der Waals surface area contributed by atoms with Gasteiger partial charge < -0.3 is 10.6 Å². The third-order valence-corrected chi connectivity index (χ3v) is 3.16. The van der Waals surface area contributed by atoms with Crippen molar-refractivity contribution in [2.45, 2.75) is 32.4 Å². The minimum Gasteiger partial charge on any atom is -0.349 e. The van der Waals surface area contributed by atoms with E-state index in [-0.39, 0.29) is 11.9 Å². The monoisotopic (exact) mass is 242 g/mol. The molecule has 3 nitrogen and oxygen atoms in total. The van der Waals surface area contributed by atoms with Crippen LogP contribution in [0.4, 0.5) is 0 Å². The van der Waals surface area contributed by atoms with E-state index in [1.807, 2.05) is 19.1 Å². The second-order valence-electron chi connectivity index (χ2n) is 4.69. The van der Waals surface area contributed by atoms with Gasteiger partial charge in [-0.3, -0.25) is 4.79 Å². The Kier molecular flexibility index (Phi) is 4.01. The number of rotatable bonds is 3. The van der Waals surface area contributed by atoms with Gasteiger partial charge in [-0.1, -0.05) is 6.07 Å². The standard InChI is InChI=1S/C15H18N2O/c1-3-4-11(2)17-15(18)13-6-5-12-7-8-16-10-14(12)9-13/h1,5-6,9,11,16H,4,7-8,10H2,2H3,(H,17,18). The lowest BCUT2D eigenvalue weighted by atomic mass is 9.98. The van der Waals surface area contributed by atoms with E-state index in [1.54, 1.807) is 0 Å². The lowest BCUT2D eigenvalue weighted by molar-refractivity contribution is 0.0940. The molecule has 0 saturated carbocycles. The number of fused-ring (bicyclic) bond motifs is 1. The van der Waals surface area contributed by atoms with Crippen LogP contribution in [0.25, 0.3) is 0 Å². The number of hydrogen-bond donors (Lipinski definition) is 2. The SMILES string of the molecule is C#CCC(C)NC(=O)c1ccc2c(c1)CNCC2. The Morgan fingerprint density at radius 2 is 2.39 bits per heavy atom. The smallest absolute Gasteiger partial charge is 0.251 e. The van der Waals surface area contributed by atoms with Crippen molar-refractivity contribution >= 4 is 5.91 Å². The summed E-state index contributed by atoms with van der Waals surface area (Å²) < 4.78 is 0. The minimum absolute atomic E-state index is 0.0108. The van der Waals surface area contributed by atoms with Gasteiger partial charge in [0.1, 0.15) is 0 Å². The molecule has 0 aromatic heterocycles. The second-order valence-corrected chi connectivity index (χ2v) is 4.69. The zero-order chi connectivity index (χ0) is 13.0. The number of hydrogen-bond acceptors (Lipinski definition) is 2. The number of carbonyl (C=O) groups excluding carboxylic acids is 1. The summed E-state index contributed by atoms with van der Waals surface area (Å²) in [5, 5.41) is 6.21. The van der Waals surface area contributed by atoms with Crippen LogP contribution in [0.15, 0.2) is 18.2 Å². The molecule has 1 aliphatic rings. The van der Waals surface area contributed by atoms with Crippen molar-refractivity contribution in [3.05, 3.63) is 34.9 Å². The third kappa shape index (κ3) is 2.91. The molecule has 0 radical (unpaired) electrons. The summed E-state index contributed by atoms with van der Waals surface area (Å²) >= 11 is 0. The van der Waals surface area contributed by atoms with Crippen LogP contribution < -0.4 is 10.6 Å². The van der Waals surface area contributed by atoms with Crippen molar-refractivity contribution in [2.24, 2.45) is 0 Å². The molecule has 1 heterocycles. The van der Waals surface area contributed by atoms with Gasteiger partial charge in [0.2, 0.25) is 0 Å². The molecule has 1 unspecified atom stereocenters. The quantitative estimate of drug-likeness (QED) is 0.788. The van der Waals surface area contributed by atoms with Gasteiger partial charge >= 0.3 is 0 Å². The molecule has 0 fully saturated rings. The Labute approximate surface area is 108 Å². The van der Waals surface area contributed by atoms with E-state index >= 15 is 0 Å². The van der Waals surface area contributed by atoms with Crippen LogP contribution in [-0.4, -0.2) is 18.5 Å². The highest BCUT2D eigenvalue weighted by Gasteiger charge is 2.13. The van der Waals surface area contributed by atoms with Crippen LogP contribution in [0.1, 0.15) is 34.8 Å². The Morgan fingerprint density at radius 1 is 1.56 bits per heavy atom. The molecule has 0 spiro atoms. The molecule has 2 N–H and O–H groups in total. The van der Waals surface area contributed by atoms with Gasteiger partial charge in [-0.25, -0.2) is 0 Å². The Bertz CT molecular complexity index is 488. The lowest BCUT2D eigenvalue weighted by Crippen LogP contribution is -2.32. The summed E-state index contributed by atoms with van der Waals surface area (Å²) in [7, 11) is 0. The van der Waals surface area contributed by atoms with Gasteiger partial charge in [-0.15, -0.1) is 12.3 Å². The molecule has 94 valence electrons. The van der Waals surface area contributed by atoms with E-state index in [0.29, 0.717) is 12.0 Å². The molecular formula is C15H18N2O. The number of amides is 1. The summed E-state index contributed by atoms with van der Waals surface area (Å²) in [5.41, 5.74) is 3.27. The molecule has 18 heavy (non-hydrogen) atoms. The summed E-state index contributed by atoms with van der Waals surface area (Å²) in [6.07, 6.45) is 6.81. The van der Waals surface area contributed by atoms with Crippen LogP contribution >= 0.6 is 0 Å². The first-order valence-electron chi connectivity index (χ1n) is 6.27. The average Bonchev–Trinajstić information content (AvgIpc) is 2.38. The first kappa shape index (κ1) is 12.7. The van der Waals surface area contributed by atoms with E-state index in [4.69, 9.17) is 6.42 Å². The zero-order valence-electron chi connectivity index (χ0n) is 10.6. The van der Waals surface area contributed by atoms with Crippen molar-refractivity contribution < 1.29 is 4.79 Å². The summed E-state index contributed by atoms with van der Waals surface area (Å²) in [6, 6.07) is 5.93. The molecule has 0 aliphatic carbocycles. The molecule has 1 aromatic carbocycles. The van der Waals surface area contributed by atoms with Crippen molar-refractivity contribution in [1.29, 1.82) is 0 Å². The van der Waals surface area contributed by atoms with E-state index < -0.39 is 0 Å². The summed E-state index contributed by atoms with van der Waals surface area (Å²) in [4.78, 5) is 12.0. The highest BCUT2D eigenvalue weighted by atomic mass is 16.1. The fraction of sp³-hybridized carbons (Fsp3) is 0.400. The Hall–Kier alpha value is -1.79. The van der Waals surface area contributed by atoms with E-state index in [0.717, 1.165) is 19.5 Å². The van der Waals surface area contributed by atoms with Gasteiger partial charge in [-0.2, -0.15) is 0 Å². The number of terminal acetylenes is 1. The molecule has 0 saturated heterocycles. The highest BCUT2D eigenvalue weighted by molar-refractivity contribution is 5.94. The van der Waals surface area contributed by atoms with Gasteiger partial charge in [0.15, 0.2) is 0 Å². The van der Waals surface area contributed by atoms with E-state index in [9.17, 15) is 4.79 Å². The Morgan fingerprint density at radius 3 is 3.17 bits per heavy atom. The number of nitrogens with one attached hydrogen (secondary N) is 2. The van der Waals surface area contributed by atoms with Crippen molar-refractivity contribution in [1.82, 2.24) is 10.6 Å². The first-order chi connectivity index (χ1) is 8.70. The largest absolute Gasteiger partial charge is 0.349 e. The second kappa shape index (κ2) is 5.70. The zero-order valence-corrected chi connectivity index (χ0v) is 10.6. The van der Waals surface area contributed by atoms with Gasteiger partial charge in [0.05, 0.1) is 0 Å². The summed E-state index contributed by atoms with van der Waals surface area (Å²) in [6.45, 7) is 3.77. The average molecular weight is 242 g/mol. The fourth-order valence-corrected chi connectivity index (χ4v) is 2.16. The van der Waals surface area contributed by atoms with Crippen LogP contribution in [0.3, 0.4) is 0 Å². The predicted octanol–water partition coefficient (Wildman–Crippen LogP) is 1.47. The van der Waals surface area contributed by atoms with Gasteiger partial charge in [0.25, 0.3) is 5.91 Å². The van der Waals surface area contributed by atoms with Crippen molar-refractivity contribution in [3.63, 3.8) is 0 Å². The van der Waals surface area contributed by atoms with Crippen molar-refractivity contribution in [3.8, 4) is 12.3 Å². The first-order valence-corrected chi connectivity index (χ1v) is 6.27. The topological polar surface area (TPSA) is 41.1 Å². The number of benzene rings is 1. The van der Waals surface area contributed by atoms with E-state index in [1.165, 1.54) is 11.1 Å². The fourth-order valence-electron chi connectivity index (χ4n) is 2.16. The molecule has 1 atom stereocenters. The normalized spacial score (nSPS) is 15.3. The Balaban J connectivity index is 2.09. The maximum Gasteiger partial charge on any atom is 0.251 e. The minimum atomic E-state index is -0.0499. The highest BCUT2D eigenvalue weighted by Crippen LogP contribution is 2.16. The van der Waals surface area contributed by atoms with Gasteiger partial charge in [-0.05, 0) is 43.1 Å². The number of carbonyl (C=O) groups is 1. The van der Waals surface area contributed by atoms with Crippen LogP contribution in [0.5, 0.6) is 0 Å². The molecular weight excluding hydrogens is 224 g/mol.